The fraction of sp³-hybridized carbons (Fsp3) is 0.273. The molecular formula is C22H22N6O2. The summed E-state index contributed by atoms with van der Waals surface area (Å²) in [6.07, 6.45) is 8.47. The van der Waals surface area contributed by atoms with Crippen LogP contribution in [0.1, 0.15) is 31.1 Å². The number of ether oxygens (including phenoxy) is 1. The number of amides is 1. The van der Waals surface area contributed by atoms with Crippen molar-refractivity contribution in [3.05, 3.63) is 66.9 Å². The highest BCUT2D eigenvalue weighted by molar-refractivity contribution is 5.78. The van der Waals surface area contributed by atoms with E-state index in [0.29, 0.717) is 23.9 Å². The van der Waals surface area contributed by atoms with Gasteiger partial charge in [-0.2, -0.15) is 5.10 Å². The standard InChI is InChI=1S/C22H22N6O2/c29-20(15-30-17-6-2-1-3-7-17)28-12-5-4-8-18(28)22-24-21(25-26-22)16-9-10-19-23-11-13-27(19)14-16/h1-3,6-7,9-11,13-14,18H,4-5,8,12,15H2,(H,24,25,26)/t18-/m1/s1. The number of hydrogen-bond donors (Lipinski definition) is 1. The van der Waals surface area contributed by atoms with Crippen molar-refractivity contribution in [1.82, 2.24) is 29.5 Å². The number of nitrogens with one attached hydrogen (secondary N) is 1. The van der Waals surface area contributed by atoms with Crippen LogP contribution in [0, 0.1) is 0 Å². The predicted octanol–water partition coefficient (Wildman–Crippen LogP) is 3.25. The topological polar surface area (TPSA) is 88.4 Å². The number of benzene rings is 1. The number of para-hydroxylation sites is 1. The summed E-state index contributed by atoms with van der Waals surface area (Å²) in [5.41, 5.74) is 1.76. The van der Waals surface area contributed by atoms with Crippen LogP contribution in [0.25, 0.3) is 17.0 Å². The number of hydrogen-bond acceptors (Lipinski definition) is 5. The van der Waals surface area contributed by atoms with Crippen LogP contribution in [0.2, 0.25) is 0 Å². The van der Waals surface area contributed by atoms with Gasteiger partial charge in [0.1, 0.15) is 17.2 Å². The summed E-state index contributed by atoms with van der Waals surface area (Å²) in [5.74, 6) is 1.97. The highest BCUT2D eigenvalue weighted by Crippen LogP contribution is 2.30. The van der Waals surface area contributed by atoms with E-state index < -0.39 is 0 Å². The number of carbonyl (C=O) groups excluding carboxylic acids is 1. The van der Waals surface area contributed by atoms with Crippen LogP contribution in [-0.2, 0) is 4.79 Å². The number of H-pyrrole nitrogens is 1. The molecule has 4 aromatic rings. The summed E-state index contributed by atoms with van der Waals surface area (Å²) >= 11 is 0. The highest BCUT2D eigenvalue weighted by atomic mass is 16.5. The third kappa shape index (κ3) is 3.63. The van der Waals surface area contributed by atoms with Gasteiger partial charge in [0.15, 0.2) is 12.4 Å². The van der Waals surface area contributed by atoms with Crippen LogP contribution in [0.3, 0.4) is 0 Å². The van der Waals surface area contributed by atoms with Crippen molar-refractivity contribution in [2.24, 2.45) is 0 Å². The maximum absolute atomic E-state index is 12.9. The number of fused-ring (bicyclic) bond motifs is 1. The molecular weight excluding hydrogens is 380 g/mol. The van der Waals surface area contributed by atoms with E-state index in [1.165, 1.54) is 0 Å². The number of nitrogens with zero attached hydrogens (tertiary/aromatic N) is 5. The van der Waals surface area contributed by atoms with Crippen LogP contribution in [-0.4, -0.2) is 48.5 Å². The van der Waals surface area contributed by atoms with Gasteiger partial charge in [-0.25, -0.2) is 9.97 Å². The Labute approximate surface area is 173 Å². The first-order valence-corrected chi connectivity index (χ1v) is 10.1. The van der Waals surface area contributed by atoms with E-state index in [1.807, 2.05) is 64.2 Å². The Morgan fingerprint density at radius 3 is 2.97 bits per heavy atom. The van der Waals surface area contributed by atoms with E-state index >= 15 is 0 Å². The minimum Gasteiger partial charge on any atom is -0.484 e. The number of piperidine rings is 1. The zero-order valence-corrected chi connectivity index (χ0v) is 16.4. The second kappa shape index (κ2) is 7.98. The molecule has 0 saturated carbocycles. The van der Waals surface area contributed by atoms with Gasteiger partial charge in [-0.1, -0.05) is 18.2 Å². The average molecular weight is 402 g/mol. The monoisotopic (exact) mass is 402 g/mol. The smallest absolute Gasteiger partial charge is 0.261 e. The van der Waals surface area contributed by atoms with E-state index in [-0.39, 0.29) is 18.6 Å². The Hall–Kier alpha value is -3.68. The van der Waals surface area contributed by atoms with Gasteiger partial charge in [-0.05, 0) is 43.5 Å². The molecule has 1 aliphatic rings. The summed E-state index contributed by atoms with van der Waals surface area (Å²) in [6, 6.07) is 13.2. The van der Waals surface area contributed by atoms with Crippen molar-refractivity contribution in [2.75, 3.05) is 13.2 Å². The zero-order chi connectivity index (χ0) is 20.3. The Bertz CT molecular complexity index is 1150. The van der Waals surface area contributed by atoms with Gasteiger partial charge >= 0.3 is 0 Å². The van der Waals surface area contributed by atoms with E-state index in [2.05, 4.69) is 15.2 Å². The largest absolute Gasteiger partial charge is 0.484 e. The Morgan fingerprint density at radius 2 is 2.07 bits per heavy atom. The molecule has 5 rings (SSSR count). The molecule has 152 valence electrons. The van der Waals surface area contributed by atoms with Crippen LogP contribution in [0.4, 0.5) is 0 Å². The van der Waals surface area contributed by atoms with Crippen LogP contribution in [0.5, 0.6) is 5.75 Å². The zero-order valence-electron chi connectivity index (χ0n) is 16.4. The van der Waals surface area contributed by atoms with E-state index in [4.69, 9.17) is 9.72 Å². The lowest BCUT2D eigenvalue weighted by molar-refractivity contribution is -0.137. The molecule has 8 nitrogen and oxygen atoms in total. The number of imidazole rings is 1. The van der Waals surface area contributed by atoms with E-state index in [9.17, 15) is 4.79 Å². The number of rotatable bonds is 5. The van der Waals surface area contributed by atoms with Gasteiger partial charge in [-0.15, -0.1) is 0 Å². The molecule has 1 N–H and O–H groups in total. The van der Waals surface area contributed by atoms with Crippen molar-refractivity contribution in [2.45, 2.75) is 25.3 Å². The van der Waals surface area contributed by atoms with Crippen LogP contribution < -0.4 is 4.74 Å². The molecule has 8 heteroatoms. The lowest BCUT2D eigenvalue weighted by atomic mass is 10.0. The maximum Gasteiger partial charge on any atom is 0.261 e. The molecule has 1 saturated heterocycles. The maximum atomic E-state index is 12.9. The first-order valence-electron chi connectivity index (χ1n) is 10.1. The number of pyridine rings is 1. The molecule has 0 bridgehead atoms. The normalized spacial score (nSPS) is 16.7. The minimum atomic E-state index is -0.121. The molecule has 1 aromatic carbocycles. The highest BCUT2D eigenvalue weighted by Gasteiger charge is 2.30. The molecule has 1 atom stereocenters. The van der Waals surface area contributed by atoms with Crippen LogP contribution >= 0.6 is 0 Å². The second-order valence-corrected chi connectivity index (χ2v) is 7.36. The number of carbonyl (C=O) groups is 1. The second-order valence-electron chi connectivity index (χ2n) is 7.36. The minimum absolute atomic E-state index is 0.0127. The van der Waals surface area contributed by atoms with Gasteiger partial charge in [0.25, 0.3) is 5.91 Å². The van der Waals surface area contributed by atoms with E-state index in [0.717, 1.165) is 30.5 Å². The quantitative estimate of drug-likeness (QED) is 0.554. The Morgan fingerprint density at radius 1 is 1.17 bits per heavy atom. The van der Waals surface area contributed by atoms with Gasteiger partial charge in [0, 0.05) is 30.7 Å². The Balaban J connectivity index is 1.33. The van der Waals surface area contributed by atoms with Crippen LogP contribution in [0.15, 0.2) is 61.1 Å². The SMILES string of the molecule is O=C(COc1ccccc1)N1CCCC[C@@H]1c1nc(-c2ccc3nccn3c2)n[nH]1. The molecule has 4 heterocycles. The molecule has 1 amide bonds. The summed E-state index contributed by atoms with van der Waals surface area (Å²) < 4.78 is 7.60. The van der Waals surface area contributed by atoms with Gasteiger partial charge in [-0.3, -0.25) is 9.89 Å². The molecule has 0 radical (unpaired) electrons. The average Bonchev–Trinajstić information content (AvgIpc) is 3.47. The predicted molar refractivity (Wildman–Crippen MR) is 111 cm³/mol. The molecule has 0 aliphatic carbocycles. The molecule has 0 unspecified atom stereocenters. The fourth-order valence-corrected chi connectivity index (χ4v) is 3.86. The fourth-order valence-electron chi connectivity index (χ4n) is 3.86. The molecule has 1 fully saturated rings. The molecule has 30 heavy (non-hydrogen) atoms. The first-order chi connectivity index (χ1) is 14.8. The van der Waals surface area contributed by atoms with Crippen molar-refractivity contribution in [1.29, 1.82) is 0 Å². The first kappa shape index (κ1) is 18.4. The van der Waals surface area contributed by atoms with Crippen molar-refractivity contribution >= 4 is 11.6 Å². The summed E-state index contributed by atoms with van der Waals surface area (Å²) in [4.78, 5) is 23.7. The number of aromatic nitrogens is 5. The van der Waals surface area contributed by atoms with Gasteiger partial charge in [0.05, 0.1) is 6.04 Å². The molecule has 0 spiro atoms. The van der Waals surface area contributed by atoms with Crippen molar-refractivity contribution < 1.29 is 9.53 Å². The third-order valence-corrected chi connectivity index (χ3v) is 5.39. The third-order valence-electron chi connectivity index (χ3n) is 5.39. The van der Waals surface area contributed by atoms with Gasteiger partial charge < -0.3 is 14.0 Å². The molecule has 3 aromatic heterocycles. The van der Waals surface area contributed by atoms with Gasteiger partial charge in [0.2, 0.25) is 0 Å². The summed E-state index contributed by atoms with van der Waals surface area (Å²) in [6.45, 7) is 0.706. The van der Waals surface area contributed by atoms with Crippen molar-refractivity contribution in [3.63, 3.8) is 0 Å². The number of likely N-dealkylation sites (tertiary alicyclic amines) is 1. The van der Waals surface area contributed by atoms with E-state index in [1.54, 1.807) is 6.20 Å². The Kier molecular flexibility index (Phi) is 4.88. The molecule has 1 aliphatic heterocycles. The summed E-state index contributed by atoms with van der Waals surface area (Å²) in [7, 11) is 0. The lowest BCUT2D eigenvalue weighted by Crippen LogP contribution is -2.41. The lowest BCUT2D eigenvalue weighted by Gasteiger charge is -2.34. The summed E-state index contributed by atoms with van der Waals surface area (Å²) in [5, 5.41) is 7.45. The van der Waals surface area contributed by atoms with Crippen molar-refractivity contribution in [3.8, 4) is 17.1 Å². The number of aromatic amines is 1.